The Labute approximate surface area is 127 Å². The Morgan fingerprint density at radius 3 is 2.20 bits per heavy atom. The smallest absolute Gasteiger partial charge is 0.132 e. The highest BCUT2D eigenvalue weighted by Gasteiger charge is 2.15. The molecule has 0 spiro atoms. The normalized spacial score (nSPS) is 11.4. The summed E-state index contributed by atoms with van der Waals surface area (Å²) in [6.45, 7) is 7.14. The van der Waals surface area contributed by atoms with Crippen LogP contribution in [-0.2, 0) is 5.75 Å². The third kappa shape index (κ3) is 3.90. The van der Waals surface area contributed by atoms with Crippen LogP contribution in [0.3, 0.4) is 0 Å². The van der Waals surface area contributed by atoms with Crippen molar-refractivity contribution >= 4 is 25.0 Å². The lowest BCUT2D eigenvalue weighted by Gasteiger charge is -2.16. The van der Waals surface area contributed by atoms with E-state index in [0.29, 0.717) is 0 Å². The van der Waals surface area contributed by atoms with Crippen LogP contribution in [0.2, 0.25) is 19.6 Å². The second-order valence-electron chi connectivity index (χ2n) is 5.89. The van der Waals surface area contributed by atoms with Crippen molar-refractivity contribution < 1.29 is 4.74 Å². The third-order valence-corrected chi connectivity index (χ3v) is 6.47. The maximum atomic E-state index is 5.38. The Morgan fingerprint density at radius 2 is 1.60 bits per heavy atom. The molecule has 2 aromatic carbocycles. The molecule has 0 N–H and O–H groups in total. The highest BCUT2D eigenvalue weighted by molar-refractivity contribution is 7.98. The zero-order valence-electron chi connectivity index (χ0n) is 12.6. The monoisotopic (exact) mass is 302 g/mol. The highest BCUT2D eigenvalue weighted by Crippen LogP contribution is 2.31. The van der Waals surface area contributed by atoms with Gasteiger partial charge in [0.05, 0.1) is 15.2 Å². The molecule has 3 heteroatoms. The molecular formula is C17H22OSSi. The van der Waals surface area contributed by atoms with Gasteiger partial charge in [0.25, 0.3) is 0 Å². The summed E-state index contributed by atoms with van der Waals surface area (Å²) in [4.78, 5) is 1.20. The number of para-hydroxylation sites is 1. The minimum absolute atomic E-state index is 0.955. The summed E-state index contributed by atoms with van der Waals surface area (Å²) in [6.07, 6.45) is 0. The largest absolute Gasteiger partial charge is 0.496 e. The first kappa shape index (κ1) is 15.2. The van der Waals surface area contributed by atoms with Crippen LogP contribution in [0.5, 0.6) is 5.75 Å². The summed E-state index contributed by atoms with van der Waals surface area (Å²) < 4.78 is 5.38. The average Bonchev–Trinajstić information content (AvgIpc) is 2.45. The van der Waals surface area contributed by atoms with Crippen LogP contribution in [0.25, 0.3) is 0 Å². The third-order valence-electron chi connectivity index (χ3n) is 3.28. The van der Waals surface area contributed by atoms with Crippen LogP contribution < -0.4 is 9.92 Å². The van der Waals surface area contributed by atoms with Gasteiger partial charge in [-0.2, -0.15) is 0 Å². The molecule has 20 heavy (non-hydrogen) atoms. The van der Waals surface area contributed by atoms with Crippen molar-refractivity contribution in [3.05, 3.63) is 54.1 Å². The van der Waals surface area contributed by atoms with E-state index in [9.17, 15) is 0 Å². The maximum absolute atomic E-state index is 5.38. The Balaban J connectivity index is 2.04. The molecule has 0 atom stereocenters. The molecule has 0 bridgehead atoms. The van der Waals surface area contributed by atoms with E-state index in [1.54, 1.807) is 7.11 Å². The Morgan fingerprint density at radius 1 is 0.950 bits per heavy atom. The Bertz CT molecular complexity index is 558. The van der Waals surface area contributed by atoms with Gasteiger partial charge in [-0.15, -0.1) is 11.8 Å². The van der Waals surface area contributed by atoms with Gasteiger partial charge in [-0.25, -0.2) is 0 Å². The molecule has 0 saturated carbocycles. The van der Waals surface area contributed by atoms with E-state index in [4.69, 9.17) is 4.74 Å². The molecule has 0 aromatic heterocycles. The minimum atomic E-state index is -1.18. The number of hydrogen-bond acceptors (Lipinski definition) is 2. The van der Waals surface area contributed by atoms with E-state index < -0.39 is 8.07 Å². The van der Waals surface area contributed by atoms with E-state index in [-0.39, 0.29) is 0 Å². The van der Waals surface area contributed by atoms with Crippen molar-refractivity contribution in [1.29, 1.82) is 0 Å². The molecule has 0 aliphatic carbocycles. The van der Waals surface area contributed by atoms with Crippen LogP contribution >= 0.6 is 11.8 Å². The molecule has 0 aliphatic rings. The first-order valence-electron chi connectivity index (χ1n) is 6.86. The molecule has 2 rings (SSSR count). The van der Waals surface area contributed by atoms with Gasteiger partial charge in [0, 0.05) is 10.6 Å². The second kappa shape index (κ2) is 6.51. The van der Waals surface area contributed by atoms with Gasteiger partial charge in [0.1, 0.15) is 5.75 Å². The van der Waals surface area contributed by atoms with Crippen molar-refractivity contribution in [2.45, 2.75) is 30.3 Å². The first-order valence-corrected chi connectivity index (χ1v) is 11.3. The SMILES string of the molecule is COc1ccccc1SCc1ccc([Si](C)(C)C)cc1. The summed E-state index contributed by atoms with van der Waals surface area (Å²) >= 11 is 1.82. The molecule has 2 aromatic rings. The average molecular weight is 303 g/mol. The standard InChI is InChI=1S/C17H22OSSi/c1-18-16-7-5-6-8-17(16)19-13-14-9-11-15(12-10-14)20(2,3)4/h5-12H,13H2,1-4H3. The second-order valence-corrected chi connectivity index (χ2v) is 12.0. The van der Waals surface area contributed by atoms with Crippen LogP contribution in [0.4, 0.5) is 0 Å². The molecular weight excluding hydrogens is 280 g/mol. The fourth-order valence-electron chi connectivity index (χ4n) is 2.00. The molecule has 106 valence electrons. The minimum Gasteiger partial charge on any atom is -0.496 e. The molecule has 0 saturated heterocycles. The summed E-state index contributed by atoms with van der Waals surface area (Å²) in [5, 5.41) is 1.52. The van der Waals surface area contributed by atoms with Crippen LogP contribution in [0.15, 0.2) is 53.4 Å². The van der Waals surface area contributed by atoms with Gasteiger partial charge in [0.2, 0.25) is 0 Å². The van der Waals surface area contributed by atoms with Crippen molar-refractivity contribution in [2.24, 2.45) is 0 Å². The lowest BCUT2D eigenvalue weighted by atomic mass is 10.2. The number of rotatable bonds is 5. The predicted molar refractivity (Wildman–Crippen MR) is 92.0 cm³/mol. The summed E-state index contributed by atoms with van der Waals surface area (Å²) in [6, 6.07) is 17.3. The zero-order chi connectivity index (χ0) is 14.6. The maximum Gasteiger partial charge on any atom is 0.132 e. The van der Waals surface area contributed by atoms with Gasteiger partial charge in [-0.3, -0.25) is 0 Å². The molecule has 0 amide bonds. The van der Waals surface area contributed by atoms with Crippen LogP contribution in [0, 0.1) is 0 Å². The van der Waals surface area contributed by atoms with Gasteiger partial charge < -0.3 is 4.74 Å². The van der Waals surface area contributed by atoms with Crippen LogP contribution in [0.1, 0.15) is 5.56 Å². The number of ether oxygens (including phenoxy) is 1. The lowest BCUT2D eigenvalue weighted by molar-refractivity contribution is 0.405. The van der Waals surface area contributed by atoms with Gasteiger partial charge >= 0.3 is 0 Å². The van der Waals surface area contributed by atoms with Gasteiger partial charge in [-0.1, -0.05) is 61.2 Å². The molecule has 0 unspecified atom stereocenters. The predicted octanol–water partition coefficient (Wildman–Crippen LogP) is 4.53. The number of hydrogen-bond donors (Lipinski definition) is 0. The highest BCUT2D eigenvalue weighted by atomic mass is 32.2. The summed E-state index contributed by atoms with van der Waals surface area (Å²) in [5.41, 5.74) is 1.36. The lowest BCUT2D eigenvalue weighted by Crippen LogP contribution is -2.37. The summed E-state index contributed by atoms with van der Waals surface area (Å²) in [7, 11) is 0.540. The van der Waals surface area contributed by atoms with Gasteiger partial charge in [-0.05, 0) is 17.7 Å². The van der Waals surface area contributed by atoms with Gasteiger partial charge in [0.15, 0.2) is 0 Å². The fraction of sp³-hybridized carbons (Fsp3) is 0.294. The topological polar surface area (TPSA) is 9.23 Å². The Kier molecular flexibility index (Phi) is 4.94. The zero-order valence-corrected chi connectivity index (χ0v) is 14.5. The van der Waals surface area contributed by atoms with E-state index >= 15 is 0 Å². The molecule has 0 fully saturated rings. The molecule has 0 aliphatic heterocycles. The van der Waals surface area contributed by atoms with Crippen LogP contribution in [-0.4, -0.2) is 15.2 Å². The number of benzene rings is 2. The molecule has 1 nitrogen and oxygen atoms in total. The number of thioether (sulfide) groups is 1. The Hall–Kier alpha value is -1.19. The number of methoxy groups -OCH3 is 1. The van der Waals surface area contributed by atoms with E-state index in [2.05, 4.69) is 56.0 Å². The van der Waals surface area contributed by atoms with E-state index in [0.717, 1.165) is 11.5 Å². The quantitative estimate of drug-likeness (QED) is 0.592. The van der Waals surface area contributed by atoms with Crippen molar-refractivity contribution in [1.82, 2.24) is 0 Å². The van der Waals surface area contributed by atoms with E-state index in [1.165, 1.54) is 15.6 Å². The van der Waals surface area contributed by atoms with Crippen molar-refractivity contribution in [3.8, 4) is 5.75 Å². The molecule has 0 radical (unpaired) electrons. The first-order chi connectivity index (χ1) is 9.50. The molecule has 0 heterocycles. The van der Waals surface area contributed by atoms with Crippen molar-refractivity contribution in [3.63, 3.8) is 0 Å². The van der Waals surface area contributed by atoms with E-state index in [1.807, 2.05) is 23.9 Å². The fourth-order valence-corrected chi connectivity index (χ4v) is 4.15. The van der Waals surface area contributed by atoms with Crippen molar-refractivity contribution in [2.75, 3.05) is 7.11 Å². The summed E-state index contributed by atoms with van der Waals surface area (Å²) in [5.74, 6) is 1.93.